The molecule has 0 spiro atoms. The molecule has 0 N–H and O–H groups in total. The van der Waals surface area contributed by atoms with E-state index in [9.17, 15) is 38.4 Å². The lowest BCUT2D eigenvalue weighted by Crippen LogP contribution is -2.30. The number of ether oxygens (including phenoxy) is 11. The molecule has 0 radical (unpaired) electrons. The van der Waals surface area contributed by atoms with Crippen LogP contribution >= 0.6 is 11.3 Å². The monoisotopic (exact) mass is 1200 g/mol. The van der Waals surface area contributed by atoms with Gasteiger partial charge < -0.3 is 52.1 Å². The van der Waals surface area contributed by atoms with Crippen molar-refractivity contribution in [1.82, 2.24) is 4.98 Å². The highest BCUT2D eigenvalue weighted by Crippen LogP contribution is 2.44. The molecule has 1 aliphatic heterocycles. The lowest BCUT2D eigenvalue weighted by Gasteiger charge is -2.26. The third-order valence-electron chi connectivity index (χ3n) is 14.7. The Bertz CT molecular complexity index is 3330. The Morgan fingerprint density at radius 2 is 1.01 bits per heavy atom. The Kier molecular flexibility index (Phi) is 22.0. The number of nitrogens with zero attached hydrogens (tertiary/aromatic N) is 1. The second kappa shape index (κ2) is 30.1. The molecule has 2 aliphatic carbocycles. The van der Waals surface area contributed by atoms with Crippen molar-refractivity contribution in [2.24, 2.45) is 23.7 Å². The number of benzene rings is 4. The SMILES string of the molecule is C=CC(=O)OCC(COc1ccc(OC(=O)C2CCC(C(=O)OCCc3ccc(OC(=O)C4CCC(C(=O)Oc5ccc(OCC(COC(=O)C=C)OC(=O)C=C)cc5)CC4)c4nc([C@H]5Cc6c(C)cc(C)cc6O5)sc34)CC2)cc1)OC(=O)C=C. The van der Waals surface area contributed by atoms with Gasteiger partial charge in [0, 0.05) is 42.7 Å². The smallest absolute Gasteiger partial charge is 0.330 e. The quantitative estimate of drug-likeness (QED) is 0.0205. The summed E-state index contributed by atoms with van der Waals surface area (Å²) < 4.78 is 62.4. The Morgan fingerprint density at radius 3 is 1.49 bits per heavy atom. The van der Waals surface area contributed by atoms with Crippen LogP contribution < -0.4 is 28.4 Å². The minimum Gasteiger partial charge on any atom is -0.490 e. The number of hydrogen-bond donors (Lipinski definition) is 0. The highest BCUT2D eigenvalue weighted by molar-refractivity contribution is 7.18. The van der Waals surface area contributed by atoms with Gasteiger partial charge in [-0.3, -0.25) is 19.2 Å². The van der Waals surface area contributed by atoms with Crippen LogP contribution in [0.25, 0.3) is 10.2 Å². The summed E-state index contributed by atoms with van der Waals surface area (Å²) in [7, 11) is 0. The Labute approximate surface area is 501 Å². The van der Waals surface area contributed by atoms with Gasteiger partial charge >= 0.3 is 47.8 Å². The largest absolute Gasteiger partial charge is 0.490 e. The van der Waals surface area contributed by atoms with Crippen LogP contribution in [0.4, 0.5) is 0 Å². The summed E-state index contributed by atoms with van der Waals surface area (Å²) in [4.78, 5) is 106. The molecule has 2 heterocycles. The van der Waals surface area contributed by atoms with Crippen LogP contribution in [0.15, 0.2) is 123 Å². The fraction of sp³-hybridized carbons (Fsp3) is 0.369. The Morgan fingerprint density at radius 1 is 0.558 bits per heavy atom. The second-order valence-electron chi connectivity index (χ2n) is 20.9. The fourth-order valence-electron chi connectivity index (χ4n) is 10.1. The molecular weight excluding hydrogens is 1130 g/mol. The van der Waals surface area contributed by atoms with Crippen molar-refractivity contribution in [2.45, 2.75) is 96.4 Å². The molecule has 21 heteroatoms. The van der Waals surface area contributed by atoms with Crippen LogP contribution in [0, 0.1) is 37.5 Å². The Hall–Kier alpha value is -9.11. The number of carbonyl (C=O) groups excluding carboxylic acids is 8. The van der Waals surface area contributed by atoms with Gasteiger partial charge in [0.15, 0.2) is 24.1 Å². The zero-order valence-electron chi connectivity index (χ0n) is 47.8. The highest BCUT2D eigenvalue weighted by atomic mass is 32.1. The lowest BCUT2D eigenvalue weighted by atomic mass is 9.82. The van der Waals surface area contributed by atoms with E-state index in [1.54, 1.807) is 54.6 Å². The molecule has 2 unspecified atom stereocenters. The summed E-state index contributed by atoms with van der Waals surface area (Å²) in [5.41, 5.74) is 4.66. The molecule has 452 valence electrons. The topological polar surface area (TPSA) is 251 Å². The van der Waals surface area contributed by atoms with E-state index >= 15 is 0 Å². The molecule has 2 fully saturated rings. The zero-order valence-corrected chi connectivity index (χ0v) is 48.6. The van der Waals surface area contributed by atoms with Crippen molar-refractivity contribution in [3.63, 3.8) is 0 Å². The molecule has 20 nitrogen and oxygen atoms in total. The van der Waals surface area contributed by atoms with E-state index in [4.69, 9.17) is 57.1 Å². The number of esters is 8. The molecule has 86 heavy (non-hydrogen) atoms. The first-order valence-electron chi connectivity index (χ1n) is 28.2. The number of thiazole rings is 1. The molecule has 1 aromatic heterocycles. The van der Waals surface area contributed by atoms with E-state index in [0.717, 1.165) is 57.0 Å². The number of aryl methyl sites for hydroxylation is 2. The average molecular weight is 1200 g/mol. The number of carbonyl (C=O) groups is 8. The van der Waals surface area contributed by atoms with Crippen molar-refractivity contribution < 1.29 is 90.5 Å². The molecule has 5 aromatic rings. The van der Waals surface area contributed by atoms with Crippen molar-refractivity contribution in [2.75, 3.05) is 33.0 Å². The first-order valence-corrected chi connectivity index (χ1v) is 29.0. The lowest BCUT2D eigenvalue weighted by molar-refractivity contribution is -0.154. The van der Waals surface area contributed by atoms with E-state index in [-0.39, 0.29) is 56.6 Å². The van der Waals surface area contributed by atoms with Crippen LogP contribution in [-0.4, -0.2) is 98.0 Å². The van der Waals surface area contributed by atoms with Gasteiger partial charge in [0.25, 0.3) is 0 Å². The third kappa shape index (κ3) is 17.3. The van der Waals surface area contributed by atoms with Crippen molar-refractivity contribution in [1.29, 1.82) is 0 Å². The van der Waals surface area contributed by atoms with Crippen LogP contribution in [-0.2, 0) is 74.9 Å². The summed E-state index contributed by atoms with van der Waals surface area (Å²) in [6, 6.07) is 20.3. The van der Waals surface area contributed by atoms with Gasteiger partial charge in [0.05, 0.1) is 35.0 Å². The van der Waals surface area contributed by atoms with E-state index in [1.807, 2.05) is 19.1 Å². The average Bonchev–Trinajstić information content (AvgIpc) is 2.51. The van der Waals surface area contributed by atoms with Crippen LogP contribution in [0.5, 0.6) is 34.5 Å². The minimum absolute atomic E-state index is 0.0789. The normalized spacial score (nSPS) is 18.4. The first kappa shape index (κ1) is 62.9. The first-order chi connectivity index (χ1) is 41.5. The fourth-order valence-corrected chi connectivity index (χ4v) is 11.3. The van der Waals surface area contributed by atoms with E-state index in [0.29, 0.717) is 92.0 Å². The van der Waals surface area contributed by atoms with E-state index < -0.39 is 77.7 Å². The van der Waals surface area contributed by atoms with Crippen LogP contribution in [0.3, 0.4) is 0 Å². The summed E-state index contributed by atoms with van der Waals surface area (Å²) in [6.45, 7) is 16.8. The van der Waals surface area contributed by atoms with E-state index in [2.05, 4.69) is 39.3 Å². The third-order valence-corrected chi connectivity index (χ3v) is 16.0. The molecule has 2 saturated carbocycles. The molecule has 8 rings (SSSR count). The van der Waals surface area contributed by atoms with Gasteiger partial charge in [0.1, 0.15) is 65.7 Å². The van der Waals surface area contributed by atoms with Gasteiger partial charge in [-0.2, -0.15) is 0 Å². The summed E-state index contributed by atoms with van der Waals surface area (Å²) in [6.07, 6.45) is 6.04. The summed E-state index contributed by atoms with van der Waals surface area (Å²) >= 11 is 1.45. The predicted octanol–water partition coefficient (Wildman–Crippen LogP) is 9.82. The van der Waals surface area contributed by atoms with Gasteiger partial charge in [-0.15, -0.1) is 11.3 Å². The molecule has 3 atom stereocenters. The maximum atomic E-state index is 13.9. The molecule has 0 bridgehead atoms. The van der Waals surface area contributed by atoms with Gasteiger partial charge in [0.2, 0.25) is 0 Å². The van der Waals surface area contributed by atoms with E-state index in [1.165, 1.54) is 11.3 Å². The summed E-state index contributed by atoms with van der Waals surface area (Å²) in [5.74, 6) is -3.76. The van der Waals surface area contributed by atoms with Gasteiger partial charge in [-0.1, -0.05) is 38.4 Å². The number of hydrogen-bond acceptors (Lipinski definition) is 21. The summed E-state index contributed by atoms with van der Waals surface area (Å²) in [5, 5.41) is 0.710. The van der Waals surface area contributed by atoms with Crippen molar-refractivity contribution in [3.05, 3.63) is 151 Å². The van der Waals surface area contributed by atoms with Crippen molar-refractivity contribution >= 4 is 69.3 Å². The number of fused-ring (bicyclic) bond motifs is 2. The predicted molar refractivity (Wildman–Crippen MR) is 311 cm³/mol. The molecule has 4 aromatic carbocycles. The van der Waals surface area contributed by atoms with Gasteiger partial charge in [-0.05, 0) is 143 Å². The highest BCUT2D eigenvalue weighted by Gasteiger charge is 2.35. The second-order valence-corrected chi connectivity index (χ2v) is 21.9. The molecule has 0 amide bonds. The minimum atomic E-state index is -0.922. The van der Waals surface area contributed by atoms with Gasteiger partial charge in [-0.25, -0.2) is 24.2 Å². The Balaban J connectivity index is 0.820. The molecular formula is C65H67NO19S. The van der Waals surface area contributed by atoms with Crippen molar-refractivity contribution in [3.8, 4) is 34.5 Å². The van der Waals surface area contributed by atoms with Crippen LogP contribution in [0.2, 0.25) is 0 Å². The molecule has 0 saturated heterocycles. The maximum absolute atomic E-state index is 13.9. The number of rotatable bonds is 27. The maximum Gasteiger partial charge on any atom is 0.330 e. The zero-order chi connectivity index (χ0) is 61.3. The number of aromatic nitrogens is 1. The van der Waals surface area contributed by atoms with Crippen LogP contribution in [0.1, 0.15) is 84.7 Å². The molecule has 3 aliphatic rings. The standard InChI is InChI=1S/C65H67NO19S/c1-7-55(67)78-36-49(80-57(69)9-3)34-76-45-20-24-47(25-21-45)82-63(72)42-13-11-41(12-14-42)62(71)75-30-29-40-19-28-52(59-60(40)86-61(66-59)54-33-51-39(6)31-38(5)32-53(51)84-54)85-65(74)44-17-15-43(16-18-44)64(73)83-48-26-22-46(23-27-48)77-35-50(81-58(70)10-4)37-79-56(68)8-2/h7-10,19-28,31-32,41-44,49-50,54H,1-4,11-18,29-30,33-37H2,5-6H3/t41?,42?,43?,44?,49?,50?,54-/m1/s1.